The highest BCUT2D eigenvalue weighted by Gasteiger charge is 2.31. The van der Waals surface area contributed by atoms with E-state index in [-0.39, 0.29) is 27.2 Å². The summed E-state index contributed by atoms with van der Waals surface area (Å²) in [6.07, 6.45) is 3.20. The van der Waals surface area contributed by atoms with Gasteiger partial charge >= 0.3 is 0 Å². The van der Waals surface area contributed by atoms with Crippen LogP contribution < -0.4 is 0 Å². The van der Waals surface area contributed by atoms with Crippen LogP contribution in [-0.4, -0.2) is 37.3 Å². The average molecular weight is 471 g/mol. The van der Waals surface area contributed by atoms with Gasteiger partial charge in [0.15, 0.2) is 0 Å². The third kappa shape index (κ3) is 4.26. The maximum Gasteiger partial charge on any atom is 0.256 e. The van der Waals surface area contributed by atoms with Crippen molar-refractivity contribution in [1.82, 2.24) is 9.88 Å². The van der Waals surface area contributed by atoms with Crippen LogP contribution in [-0.2, 0) is 9.84 Å². The molecule has 1 aromatic heterocycles. The van der Waals surface area contributed by atoms with Crippen LogP contribution in [0.4, 0.5) is 0 Å². The number of benzene rings is 2. The second-order valence-corrected chi connectivity index (χ2v) is 11.2. The van der Waals surface area contributed by atoms with Crippen molar-refractivity contribution in [2.75, 3.05) is 13.1 Å². The Kier molecular flexibility index (Phi) is 6.28. The molecule has 2 aromatic carbocycles. The molecule has 1 fully saturated rings. The minimum atomic E-state index is -4.00. The Labute approximate surface area is 194 Å². The van der Waals surface area contributed by atoms with Crippen molar-refractivity contribution in [3.8, 4) is 0 Å². The number of carbonyl (C=O) groups is 1. The molecule has 0 atom stereocenters. The number of hydrogen-bond donors (Lipinski definition) is 0. The summed E-state index contributed by atoms with van der Waals surface area (Å²) < 4.78 is 27.7. The average Bonchev–Trinajstić information content (AvgIpc) is 2.78. The standard InChI is InChI=1S/C25H27ClN2O3S/c1-16(2)18-4-7-20(8-5-18)32(30,31)24-21-14-19(26)6-9-23(21)27-15-22(24)25(29)28-12-10-17(3)11-13-28/h4-9,14-17H,10-13H2,1-3H3. The predicted molar refractivity (Wildman–Crippen MR) is 127 cm³/mol. The lowest BCUT2D eigenvalue weighted by Gasteiger charge is -2.30. The van der Waals surface area contributed by atoms with Crippen LogP contribution >= 0.6 is 11.6 Å². The van der Waals surface area contributed by atoms with E-state index in [1.54, 1.807) is 35.2 Å². The van der Waals surface area contributed by atoms with E-state index in [9.17, 15) is 13.2 Å². The Bertz CT molecular complexity index is 1260. The zero-order valence-corrected chi connectivity index (χ0v) is 20.1. The molecule has 168 valence electrons. The van der Waals surface area contributed by atoms with Gasteiger partial charge in [0.05, 0.1) is 20.9 Å². The van der Waals surface area contributed by atoms with Gasteiger partial charge in [-0.1, -0.05) is 44.5 Å². The van der Waals surface area contributed by atoms with Gasteiger partial charge in [-0.15, -0.1) is 0 Å². The highest BCUT2D eigenvalue weighted by molar-refractivity contribution is 7.91. The molecule has 5 nitrogen and oxygen atoms in total. The molecule has 1 saturated heterocycles. The Morgan fingerprint density at radius 3 is 2.38 bits per heavy atom. The zero-order valence-electron chi connectivity index (χ0n) is 18.5. The largest absolute Gasteiger partial charge is 0.339 e. The molecule has 0 spiro atoms. The summed E-state index contributed by atoms with van der Waals surface area (Å²) in [5.41, 5.74) is 1.63. The van der Waals surface area contributed by atoms with Gasteiger partial charge in [0.1, 0.15) is 0 Å². The second-order valence-electron chi connectivity index (χ2n) is 8.86. The van der Waals surface area contributed by atoms with Crippen molar-refractivity contribution in [1.29, 1.82) is 0 Å². The fourth-order valence-electron chi connectivity index (χ4n) is 4.11. The molecule has 3 aromatic rings. The number of amides is 1. The van der Waals surface area contributed by atoms with Gasteiger partial charge in [-0.05, 0) is 60.6 Å². The number of hydrogen-bond acceptors (Lipinski definition) is 4. The third-order valence-electron chi connectivity index (χ3n) is 6.21. The fraction of sp³-hybridized carbons (Fsp3) is 0.360. The topological polar surface area (TPSA) is 67.3 Å². The van der Waals surface area contributed by atoms with Gasteiger partial charge in [0.25, 0.3) is 5.91 Å². The van der Waals surface area contributed by atoms with Crippen molar-refractivity contribution in [2.24, 2.45) is 5.92 Å². The SMILES string of the molecule is CC1CCN(C(=O)c2cnc3ccc(Cl)cc3c2S(=O)(=O)c2ccc(C(C)C)cc2)CC1. The van der Waals surface area contributed by atoms with Gasteiger partial charge in [0, 0.05) is 29.7 Å². The number of likely N-dealkylation sites (tertiary alicyclic amines) is 1. The monoisotopic (exact) mass is 470 g/mol. The van der Waals surface area contributed by atoms with Crippen LogP contribution in [0.15, 0.2) is 58.5 Å². The molecule has 0 unspecified atom stereocenters. The maximum atomic E-state index is 13.9. The number of rotatable bonds is 4. The number of sulfone groups is 1. The van der Waals surface area contributed by atoms with E-state index in [1.807, 2.05) is 12.1 Å². The van der Waals surface area contributed by atoms with Crippen LogP contribution in [0, 0.1) is 5.92 Å². The van der Waals surface area contributed by atoms with Crippen LogP contribution in [0.5, 0.6) is 0 Å². The van der Waals surface area contributed by atoms with Gasteiger partial charge in [0.2, 0.25) is 9.84 Å². The molecule has 0 bridgehead atoms. The Morgan fingerprint density at radius 2 is 1.75 bits per heavy atom. The summed E-state index contributed by atoms with van der Waals surface area (Å²) in [6.45, 7) is 7.49. The molecule has 7 heteroatoms. The summed E-state index contributed by atoms with van der Waals surface area (Å²) in [6, 6.07) is 11.8. The third-order valence-corrected chi connectivity index (χ3v) is 8.31. The molecule has 1 aliphatic heterocycles. The summed E-state index contributed by atoms with van der Waals surface area (Å²) in [5, 5.41) is 0.754. The van der Waals surface area contributed by atoms with Crippen LogP contribution in [0.3, 0.4) is 0 Å². The number of nitrogens with zero attached hydrogens (tertiary/aromatic N) is 2. The maximum absolute atomic E-state index is 13.9. The molecule has 4 rings (SSSR count). The zero-order chi connectivity index (χ0) is 23.0. The summed E-state index contributed by atoms with van der Waals surface area (Å²) in [7, 11) is -4.00. The second kappa shape index (κ2) is 8.83. The van der Waals surface area contributed by atoms with Gasteiger partial charge in [-0.2, -0.15) is 0 Å². The first-order valence-corrected chi connectivity index (χ1v) is 12.8. The molecule has 1 amide bonds. The van der Waals surface area contributed by atoms with E-state index in [0.717, 1.165) is 18.4 Å². The van der Waals surface area contributed by atoms with Crippen LogP contribution in [0.2, 0.25) is 5.02 Å². The van der Waals surface area contributed by atoms with Crippen molar-refractivity contribution < 1.29 is 13.2 Å². The van der Waals surface area contributed by atoms with E-state index >= 15 is 0 Å². The Hall–Kier alpha value is -2.44. The van der Waals surface area contributed by atoms with Crippen molar-refractivity contribution >= 4 is 38.2 Å². The Balaban J connectivity index is 1.90. The lowest BCUT2D eigenvalue weighted by Crippen LogP contribution is -2.38. The Morgan fingerprint density at radius 1 is 1.09 bits per heavy atom. The molecule has 0 N–H and O–H groups in total. The first kappa shape index (κ1) is 22.7. The van der Waals surface area contributed by atoms with E-state index in [4.69, 9.17) is 11.6 Å². The number of pyridine rings is 1. The molecule has 2 heterocycles. The molecule has 0 saturated carbocycles. The van der Waals surface area contributed by atoms with Crippen molar-refractivity contribution in [3.05, 3.63) is 64.8 Å². The lowest BCUT2D eigenvalue weighted by atomic mass is 9.98. The van der Waals surface area contributed by atoms with Gasteiger partial charge in [-0.25, -0.2) is 8.42 Å². The molecule has 0 aliphatic carbocycles. The van der Waals surface area contributed by atoms with E-state index in [0.29, 0.717) is 34.9 Å². The van der Waals surface area contributed by atoms with Gasteiger partial charge in [-0.3, -0.25) is 9.78 Å². The van der Waals surface area contributed by atoms with E-state index < -0.39 is 9.84 Å². The quantitative estimate of drug-likeness (QED) is 0.489. The van der Waals surface area contributed by atoms with Crippen molar-refractivity contribution in [3.63, 3.8) is 0 Å². The molecular formula is C25H27ClN2O3S. The minimum absolute atomic E-state index is 0.0223. The first-order valence-electron chi connectivity index (χ1n) is 10.9. The van der Waals surface area contributed by atoms with Gasteiger partial charge < -0.3 is 4.90 Å². The summed E-state index contributed by atoms with van der Waals surface area (Å²) >= 11 is 6.22. The highest BCUT2D eigenvalue weighted by atomic mass is 35.5. The van der Waals surface area contributed by atoms with Crippen molar-refractivity contribution in [2.45, 2.75) is 49.3 Å². The lowest BCUT2D eigenvalue weighted by molar-refractivity contribution is 0.0693. The number of halogens is 1. The van der Waals surface area contributed by atoms with Crippen LogP contribution in [0.25, 0.3) is 10.9 Å². The summed E-state index contributed by atoms with van der Waals surface area (Å²) in [4.78, 5) is 19.7. The molecule has 0 radical (unpaired) electrons. The molecule has 32 heavy (non-hydrogen) atoms. The summed E-state index contributed by atoms with van der Waals surface area (Å²) in [5.74, 6) is 0.532. The first-order chi connectivity index (χ1) is 15.2. The molecule has 1 aliphatic rings. The van der Waals surface area contributed by atoms with Crippen LogP contribution in [0.1, 0.15) is 55.5 Å². The fourth-order valence-corrected chi connectivity index (χ4v) is 5.90. The number of aromatic nitrogens is 1. The number of carbonyl (C=O) groups excluding carboxylic acids is 1. The predicted octanol–water partition coefficient (Wildman–Crippen LogP) is 5.72. The molecular weight excluding hydrogens is 444 g/mol. The number of piperidine rings is 1. The van der Waals surface area contributed by atoms with E-state index in [2.05, 4.69) is 25.8 Å². The number of fused-ring (bicyclic) bond motifs is 1. The minimum Gasteiger partial charge on any atom is -0.339 e. The van der Waals surface area contributed by atoms with E-state index in [1.165, 1.54) is 6.20 Å². The highest BCUT2D eigenvalue weighted by Crippen LogP contribution is 2.34. The smallest absolute Gasteiger partial charge is 0.256 e. The normalized spacial score (nSPS) is 15.5.